The molecule has 0 spiro atoms. The summed E-state index contributed by atoms with van der Waals surface area (Å²) >= 11 is 0. The molecule has 0 aliphatic carbocycles. The smallest absolute Gasteiger partial charge is 0.333 e. The van der Waals surface area contributed by atoms with E-state index in [-0.39, 0.29) is 6.85 Å². The largest absolute Gasteiger partial charge is 0.376 e. The Balaban J connectivity index is 1.39. The second-order valence-corrected chi connectivity index (χ2v) is 12.7. The molecule has 0 N–H and O–H groups in total. The molecule has 224 valence electrons. The van der Waals surface area contributed by atoms with Crippen LogP contribution in [0, 0.1) is 22.7 Å². The third-order valence-corrected chi connectivity index (χ3v) is 10.2. The van der Waals surface area contributed by atoms with Gasteiger partial charge in [-0.25, -0.2) is 0 Å². The van der Waals surface area contributed by atoms with E-state index in [2.05, 4.69) is 136 Å². The molecule has 0 saturated heterocycles. The fourth-order valence-electron chi connectivity index (χ4n) is 8.12. The summed E-state index contributed by atoms with van der Waals surface area (Å²) in [6, 6.07) is 58.0. The molecule has 5 heteroatoms. The number of benzene rings is 7. The Bertz CT molecular complexity index is 2810. The summed E-state index contributed by atoms with van der Waals surface area (Å²) < 4.78 is 4.74. The summed E-state index contributed by atoms with van der Waals surface area (Å²) in [5.41, 5.74) is 13.2. The topological polar surface area (TPSA) is 57.4 Å². The van der Waals surface area contributed by atoms with Crippen LogP contribution in [0.3, 0.4) is 0 Å². The zero-order valence-corrected chi connectivity index (χ0v) is 26.3. The van der Waals surface area contributed by atoms with Gasteiger partial charge in [-0.2, -0.15) is 10.5 Å². The highest BCUT2D eigenvalue weighted by atomic mass is 15.0. The molecule has 0 bridgehead atoms. The van der Waals surface area contributed by atoms with Crippen molar-refractivity contribution in [1.82, 2.24) is 9.05 Å². The van der Waals surface area contributed by atoms with E-state index >= 15 is 0 Å². The van der Waals surface area contributed by atoms with E-state index in [1.54, 1.807) is 0 Å². The molecule has 1 aliphatic heterocycles. The molecule has 10 rings (SSSR count). The monoisotopic (exact) mass is 620 g/mol. The number of nitrogens with zero attached hydrogens (tertiary/aromatic N) is 4. The molecule has 9 aromatic rings. The van der Waals surface area contributed by atoms with Gasteiger partial charge < -0.3 is 9.05 Å². The summed E-state index contributed by atoms with van der Waals surface area (Å²) in [5, 5.41) is 25.1. The third-order valence-electron chi connectivity index (χ3n) is 10.2. The van der Waals surface area contributed by atoms with Crippen LogP contribution < -0.4 is 10.9 Å². The van der Waals surface area contributed by atoms with Crippen molar-refractivity contribution in [2.24, 2.45) is 0 Å². The molecule has 1 aliphatic rings. The van der Waals surface area contributed by atoms with Crippen LogP contribution in [0.4, 0.5) is 0 Å². The van der Waals surface area contributed by atoms with E-state index in [4.69, 9.17) is 0 Å². The standard InChI is InChI=1S/C44H25BN4/c46-26-28-15-19-36-37-22-18-33(27-47)43-44(37)48(40(36)23-28)39-14-8-7-13-38(39)45(43)49-41-24-31(29-9-3-1-4-10-29)16-20-34(41)35-21-17-32(25-42(35)49)30-11-5-2-6-12-30/h1-25H. The Morgan fingerprint density at radius 1 is 0.469 bits per heavy atom. The fourth-order valence-corrected chi connectivity index (χ4v) is 8.12. The number of nitriles is 2. The number of hydrogen-bond acceptors (Lipinski definition) is 2. The molecule has 4 nitrogen and oxygen atoms in total. The Morgan fingerprint density at radius 3 is 1.67 bits per heavy atom. The van der Waals surface area contributed by atoms with Gasteiger partial charge in [-0.15, -0.1) is 0 Å². The summed E-state index contributed by atoms with van der Waals surface area (Å²) in [4.78, 5) is 0. The van der Waals surface area contributed by atoms with Crippen molar-refractivity contribution in [2.75, 3.05) is 0 Å². The Hall–Kier alpha value is -6.82. The number of rotatable bonds is 3. The van der Waals surface area contributed by atoms with Crippen molar-refractivity contribution in [3.8, 4) is 40.1 Å². The zero-order valence-electron chi connectivity index (χ0n) is 26.3. The highest BCUT2D eigenvalue weighted by Crippen LogP contribution is 2.39. The van der Waals surface area contributed by atoms with Crippen molar-refractivity contribution >= 4 is 61.4 Å². The van der Waals surface area contributed by atoms with Gasteiger partial charge in [0.25, 0.3) is 0 Å². The molecule has 0 amide bonds. The van der Waals surface area contributed by atoms with E-state index in [9.17, 15) is 10.5 Å². The van der Waals surface area contributed by atoms with Gasteiger partial charge in [0.2, 0.25) is 0 Å². The van der Waals surface area contributed by atoms with Gasteiger partial charge in [0.1, 0.15) is 0 Å². The predicted octanol–water partition coefficient (Wildman–Crippen LogP) is 8.94. The van der Waals surface area contributed by atoms with Crippen LogP contribution in [0.5, 0.6) is 0 Å². The maximum absolute atomic E-state index is 10.7. The average molecular weight is 621 g/mol. The van der Waals surface area contributed by atoms with Crippen LogP contribution in [0.15, 0.2) is 152 Å². The number of hydrogen-bond donors (Lipinski definition) is 0. The molecular formula is C44H25BN4. The van der Waals surface area contributed by atoms with Crippen molar-refractivity contribution in [2.45, 2.75) is 0 Å². The van der Waals surface area contributed by atoms with E-state index in [1.165, 1.54) is 10.8 Å². The second kappa shape index (κ2) is 10.3. The van der Waals surface area contributed by atoms with Crippen LogP contribution in [0.2, 0.25) is 0 Å². The van der Waals surface area contributed by atoms with Gasteiger partial charge in [0.05, 0.1) is 34.3 Å². The first-order valence-electron chi connectivity index (χ1n) is 16.4. The van der Waals surface area contributed by atoms with Crippen molar-refractivity contribution in [3.05, 3.63) is 163 Å². The van der Waals surface area contributed by atoms with E-state index in [1.807, 2.05) is 36.4 Å². The average Bonchev–Trinajstić information content (AvgIpc) is 3.68. The highest BCUT2D eigenvalue weighted by Gasteiger charge is 2.38. The third kappa shape index (κ3) is 3.85. The van der Waals surface area contributed by atoms with E-state index in [0.29, 0.717) is 11.1 Å². The quantitative estimate of drug-likeness (QED) is 0.185. The molecular weight excluding hydrogens is 595 g/mol. The minimum absolute atomic E-state index is 0.293. The first-order valence-corrected chi connectivity index (χ1v) is 16.4. The minimum Gasteiger partial charge on any atom is -0.376 e. The lowest BCUT2D eigenvalue weighted by atomic mass is 9.47. The SMILES string of the molecule is N#Cc1ccc2c3ccc(C#N)c4c3n(c2c1)-c1ccccc1B4n1c2cc(-c3ccccc3)ccc2c2ccc(-c3ccccc3)cc21. The van der Waals surface area contributed by atoms with Crippen LogP contribution in [-0.4, -0.2) is 15.9 Å². The molecule has 3 heterocycles. The van der Waals surface area contributed by atoms with Gasteiger partial charge in [0, 0.05) is 38.3 Å². The Kier molecular flexibility index (Phi) is 5.77. The van der Waals surface area contributed by atoms with Crippen molar-refractivity contribution in [1.29, 1.82) is 10.5 Å². The molecule has 0 radical (unpaired) electrons. The summed E-state index contributed by atoms with van der Waals surface area (Å²) in [7, 11) is 0. The lowest BCUT2D eigenvalue weighted by Gasteiger charge is -2.29. The molecule has 0 fully saturated rings. The van der Waals surface area contributed by atoms with Crippen LogP contribution in [0.1, 0.15) is 11.1 Å². The molecule has 7 aromatic carbocycles. The molecule has 0 atom stereocenters. The predicted molar refractivity (Wildman–Crippen MR) is 201 cm³/mol. The lowest BCUT2D eigenvalue weighted by molar-refractivity contribution is 1.18. The normalized spacial score (nSPS) is 12.0. The lowest BCUT2D eigenvalue weighted by Crippen LogP contribution is -2.54. The molecule has 0 saturated carbocycles. The van der Waals surface area contributed by atoms with E-state index in [0.717, 1.165) is 71.7 Å². The summed E-state index contributed by atoms with van der Waals surface area (Å²) in [6.45, 7) is -0.293. The second-order valence-electron chi connectivity index (χ2n) is 12.7. The van der Waals surface area contributed by atoms with Gasteiger partial charge in [-0.1, -0.05) is 115 Å². The number of fused-ring (bicyclic) bond motifs is 8. The highest BCUT2D eigenvalue weighted by molar-refractivity contribution is 6.88. The maximum atomic E-state index is 10.7. The Morgan fingerprint density at radius 2 is 1.04 bits per heavy atom. The Labute approximate surface area is 283 Å². The fraction of sp³-hybridized carbons (Fsp3) is 0. The van der Waals surface area contributed by atoms with E-state index < -0.39 is 0 Å². The molecule has 49 heavy (non-hydrogen) atoms. The van der Waals surface area contributed by atoms with Gasteiger partial charge in [0.15, 0.2) is 0 Å². The molecule has 0 unspecified atom stereocenters. The summed E-state index contributed by atoms with van der Waals surface area (Å²) in [6.07, 6.45) is 0. The van der Waals surface area contributed by atoms with Crippen molar-refractivity contribution < 1.29 is 0 Å². The molecule has 2 aromatic heterocycles. The maximum Gasteiger partial charge on any atom is 0.333 e. The minimum atomic E-state index is -0.293. The van der Waals surface area contributed by atoms with Gasteiger partial charge in [-0.05, 0) is 69.6 Å². The van der Waals surface area contributed by atoms with Crippen LogP contribution >= 0.6 is 0 Å². The zero-order chi connectivity index (χ0) is 32.6. The first-order chi connectivity index (χ1) is 24.2. The number of para-hydroxylation sites is 1. The van der Waals surface area contributed by atoms with Crippen LogP contribution in [-0.2, 0) is 0 Å². The number of aromatic nitrogens is 2. The first kappa shape index (κ1) is 27.3. The summed E-state index contributed by atoms with van der Waals surface area (Å²) in [5.74, 6) is 0. The van der Waals surface area contributed by atoms with Gasteiger partial charge >= 0.3 is 6.85 Å². The van der Waals surface area contributed by atoms with Crippen molar-refractivity contribution in [3.63, 3.8) is 0 Å². The van der Waals surface area contributed by atoms with Crippen LogP contribution in [0.25, 0.3) is 71.6 Å². The van der Waals surface area contributed by atoms with Gasteiger partial charge in [-0.3, -0.25) is 0 Å².